The first kappa shape index (κ1) is 22.9. The van der Waals surface area contributed by atoms with E-state index in [1.165, 1.54) is 31.4 Å². The minimum atomic E-state index is -0.722. The van der Waals surface area contributed by atoms with E-state index < -0.39 is 29.1 Å². The topological polar surface area (TPSA) is 129 Å². The third-order valence-corrected chi connectivity index (χ3v) is 3.94. The summed E-state index contributed by atoms with van der Waals surface area (Å²) >= 11 is 11.7. The van der Waals surface area contributed by atoms with Crippen molar-refractivity contribution in [2.45, 2.75) is 6.92 Å². The second kappa shape index (κ2) is 10.4. The van der Waals surface area contributed by atoms with Crippen LogP contribution in [0.5, 0.6) is 17.2 Å². The molecule has 0 unspecified atom stereocenters. The molecule has 0 saturated heterocycles. The van der Waals surface area contributed by atoms with Gasteiger partial charge in [0.05, 0.1) is 28.8 Å². The van der Waals surface area contributed by atoms with Crippen LogP contribution < -0.4 is 19.6 Å². The zero-order chi connectivity index (χ0) is 22.3. The summed E-state index contributed by atoms with van der Waals surface area (Å²) in [6.07, 6.45) is 1.05. The molecule has 0 bridgehead atoms. The van der Waals surface area contributed by atoms with Crippen LogP contribution in [0.3, 0.4) is 0 Å². The van der Waals surface area contributed by atoms with Crippen molar-refractivity contribution in [1.29, 1.82) is 0 Å². The largest absolute Gasteiger partial charge is 0.488 e. The Morgan fingerprint density at radius 1 is 1.23 bits per heavy atom. The molecule has 158 valence electrons. The Hall–Kier alpha value is -3.37. The summed E-state index contributed by atoms with van der Waals surface area (Å²) in [6.45, 7) is 0.741. The van der Waals surface area contributed by atoms with E-state index in [0.29, 0.717) is 5.02 Å². The predicted molar refractivity (Wildman–Crippen MR) is 109 cm³/mol. The second-order valence-electron chi connectivity index (χ2n) is 5.54. The molecule has 2 rings (SSSR count). The minimum absolute atomic E-state index is 0.00900. The van der Waals surface area contributed by atoms with Crippen LogP contribution in [-0.4, -0.2) is 36.7 Å². The quantitative estimate of drug-likeness (QED) is 0.212. The Balaban J connectivity index is 2.10. The number of nitrogens with zero attached hydrogens (tertiary/aromatic N) is 2. The number of hydrazone groups is 1. The van der Waals surface area contributed by atoms with Crippen molar-refractivity contribution in [3.8, 4) is 17.2 Å². The Kier molecular flexibility index (Phi) is 7.96. The minimum Gasteiger partial charge on any atom is -0.488 e. The summed E-state index contributed by atoms with van der Waals surface area (Å²) in [7, 11) is 1.19. The lowest BCUT2D eigenvalue weighted by Gasteiger charge is -2.09. The Morgan fingerprint density at radius 2 is 1.93 bits per heavy atom. The lowest BCUT2D eigenvalue weighted by atomic mass is 10.1. The molecular formula is C18H15Cl2N3O7. The summed E-state index contributed by atoms with van der Waals surface area (Å²) in [5.74, 6) is -1.43. The maximum atomic E-state index is 11.9. The number of halogens is 2. The lowest BCUT2D eigenvalue weighted by molar-refractivity contribution is -0.385. The number of ether oxygens (including phenoxy) is 3. The van der Waals surface area contributed by atoms with Gasteiger partial charge in [-0.25, -0.2) is 5.43 Å². The van der Waals surface area contributed by atoms with Crippen LogP contribution in [0, 0.1) is 10.1 Å². The van der Waals surface area contributed by atoms with Crippen molar-refractivity contribution in [2.75, 3.05) is 13.7 Å². The summed E-state index contributed by atoms with van der Waals surface area (Å²) < 4.78 is 15.2. The number of nitro groups is 1. The zero-order valence-corrected chi connectivity index (χ0v) is 17.2. The fraction of sp³-hybridized carbons (Fsp3) is 0.167. The van der Waals surface area contributed by atoms with Gasteiger partial charge in [-0.1, -0.05) is 23.2 Å². The summed E-state index contributed by atoms with van der Waals surface area (Å²) in [5, 5.41) is 15.8. The molecule has 2 aromatic carbocycles. The van der Waals surface area contributed by atoms with Gasteiger partial charge < -0.3 is 14.2 Å². The fourth-order valence-corrected chi connectivity index (χ4v) is 2.70. The summed E-state index contributed by atoms with van der Waals surface area (Å²) in [4.78, 5) is 33.7. The Labute approximate surface area is 180 Å². The van der Waals surface area contributed by atoms with E-state index in [-0.39, 0.29) is 27.8 Å². The number of esters is 1. The number of benzene rings is 2. The molecule has 10 nitrogen and oxygen atoms in total. The Bertz CT molecular complexity index is 1010. The third-order valence-electron chi connectivity index (χ3n) is 3.41. The standard InChI is InChI=1S/C18H15Cl2N3O7/c1-10(24)30-15-5-3-11(17(23(26)27)18(15)28-2)8-21-22-16(25)9-29-14-6-4-12(19)7-13(14)20/h3-8H,9H2,1-2H3,(H,22,25). The number of hydrogen-bond acceptors (Lipinski definition) is 8. The normalized spacial score (nSPS) is 10.5. The first-order chi connectivity index (χ1) is 14.2. The first-order valence-electron chi connectivity index (χ1n) is 8.16. The van der Waals surface area contributed by atoms with Crippen LogP contribution in [-0.2, 0) is 9.59 Å². The maximum Gasteiger partial charge on any atom is 0.323 e. The average molecular weight is 456 g/mol. The van der Waals surface area contributed by atoms with Gasteiger partial charge >= 0.3 is 11.7 Å². The molecule has 12 heteroatoms. The molecule has 2 aromatic rings. The number of carbonyl (C=O) groups excluding carboxylic acids is 2. The van der Waals surface area contributed by atoms with Gasteiger partial charge in [0.1, 0.15) is 5.75 Å². The van der Waals surface area contributed by atoms with Crippen LogP contribution in [0.1, 0.15) is 12.5 Å². The van der Waals surface area contributed by atoms with Crippen LogP contribution in [0.2, 0.25) is 10.0 Å². The fourth-order valence-electron chi connectivity index (χ4n) is 2.23. The van der Waals surface area contributed by atoms with E-state index in [4.69, 9.17) is 37.4 Å². The van der Waals surface area contributed by atoms with Crippen molar-refractivity contribution < 1.29 is 28.7 Å². The Morgan fingerprint density at radius 3 is 2.53 bits per heavy atom. The van der Waals surface area contributed by atoms with Gasteiger partial charge in [-0.2, -0.15) is 5.10 Å². The van der Waals surface area contributed by atoms with Gasteiger partial charge in [-0.3, -0.25) is 19.7 Å². The number of nitro benzene ring substituents is 1. The monoisotopic (exact) mass is 455 g/mol. The van der Waals surface area contributed by atoms with E-state index >= 15 is 0 Å². The van der Waals surface area contributed by atoms with Gasteiger partial charge in [-0.05, 0) is 30.3 Å². The molecule has 0 saturated carbocycles. The van der Waals surface area contributed by atoms with Crippen molar-refractivity contribution >= 4 is 47.0 Å². The van der Waals surface area contributed by atoms with Crippen molar-refractivity contribution in [3.63, 3.8) is 0 Å². The number of methoxy groups -OCH3 is 1. The molecule has 0 spiro atoms. The van der Waals surface area contributed by atoms with E-state index in [1.54, 1.807) is 6.07 Å². The molecule has 0 aromatic heterocycles. The SMILES string of the molecule is COc1c(OC(C)=O)ccc(C=NNC(=O)COc2ccc(Cl)cc2Cl)c1[N+](=O)[O-]. The van der Waals surface area contributed by atoms with Crippen LogP contribution >= 0.6 is 23.2 Å². The van der Waals surface area contributed by atoms with E-state index in [1.807, 2.05) is 0 Å². The first-order valence-corrected chi connectivity index (χ1v) is 8.92. The van der Waals surface area contributed by atoms with Crippen LogP contribution in [0.15, 0.2) is 35.4 Å². The highest BCUT2D eigenvalue weighted by Gasteiger charge is 2.25. The number of rotatable bonds is 8. The molecule has 0 heterocycles. The molecule has 0 radical (unpaired) electrons. The molecule has 0 atom stereocenters. The third kappa shape index (κ3) is 6.06. The smallest absolute Gasteiger partial charge is 0.323 e. The molecule has 0 aliphatic rings. The van der Waals surface area contributed by atoms with Crippen LogP contribution in [0.4, 0.5) is 5.69 Å². The van der Waals surface area contributed by atoms with Gasteiger partial charge in [0.25, 0.3) is 5.91 Å². The van der Waals surface area contributed by atoms with Gasteiger partial charge in [0, 0.05) is 11.9 Å². The van der Waals surface area contributed by atoms with Crippen molar-refractivity contribution in [2.24, 2.45) is 5.10 Å². The average Bonchev–Trinajstić information content (AvgIpc) is 2.67. The van der Waals surface area contributed by atoms with E-state index in [2.05, 4.69) is 10.5 Å². The van der Waals surface area contributed by atoms with Crippen molar-refractivity contribution in [3.05, 3.63) is 56.1 Å². The van der Waals surface area contributed by atoms with E-state index in [0.717, 1.165) is 13.1 Å². The molecular weight excluding hydrogens is 441 g/mol. The zero-order valence-electron chi connectivity index (χ0n) is 15.7. The highest BCUT2D eigenvalue weighted by molar-refractivity contribution is 6.35. The molecule has 30 heavy (non-hydrogen) atoms. The van der Waals surface area contributed by atoms with Gasteiger partial charge in [-0.15, -0.1) is 0 Å². The van der Waals surface area contributed by atoms with Crippen molar-refractivity contribution in [1.82, 2.24) is 5.43 Å². The van der Waals surface area contributed by atoms with Gasteiger partial charge in [0.15, 0.2) is 12.4 Å². The number of nitrogens with one attached hydrogen (secondary N) is 1. The maximum absolute atomic E-state index is 11.9. The molecule has 1 amide bonds. The van der Waals surface area contributed by atoms with Crippen LogP contribution in [0.25, 0.3) is 0 Å². The number of amides is 1. The number of carbonyl (C=O) groups is 2. The van der Waals surface area contributed by atoms with E-state index in [9.17, 15) is 19.7 Å². The predicted octanol–water partition coefficient (Wildman–Crippen LogP) is 3.36. The second-order valence-corrected chi connectivity index (χ2v) is 6.39. The molecule has 0 aliphatic heterocycles. The summed E-state index contributed by atoms with van der Waals surface area (Å²) in [5.41, 5.74) is 1.69. The highest BCUT2D eigenvalue weighted by Crippen LogP contribution is 2.39. The number of hydrogen-bond donors (Lipinski definition) is 1. The highest BCUT2D eigenvalue weighted by atomic mass is 35.5. The molecule has 1 N–H and O–H groups in total. The molecule has 0 fully saturated rings. The lowest BCUT2D eigenvalue weighted by Crippen LogP contribution is -2.24. The van der Waals surface area contributed by atoms with Gasteiger partial charge in [0.2, 0.25) is 5.75 Å². The molecule has 0 aliphatic carbocycles. The summed E-state index contributed by atoms with van der Waals surface area (Å²) in [6, 6.07) is 7.10.